The summed E-state index contributed by atoms with van der Waals surface area (Å²) >= 11 is 0. The average molecular weight is 497 g/mol. The van der Waals surface area contributed by atoms with Crippen LogP contribution in [0.1, 0.15) is 58.8 Å². The van der Waals surface area contributed by atoms with Crippen LogP contribution in [0, 0.1) is 30.0 Å². The Hall–Kier alpha value is -4.18. The number of nitrogens with one attached hydrogen (secondary N) is 2. The molecular formula is C30H29FN4O2. The number of carbonyl (C=O) groups excluding carboxylic acids is 1. The minimum atomic E-state index is -0.241. The van der Waals surface area contributed by atoms with Gasteiger partial charge in [0.2, 0.25) is 0 Å². The lowest BCUT2D eigenvalue weighted by atomic mass is 9.78. The molecule has 0 aliphatic heterocycles. The third-order valence-corrected chi connectivity index (χ3v) is 7.37. The molecule has 37 heavy (non-hydrogen) atoms. The van der Waals surface area contributed by atoms with Gasteiger partial charge in [0.25, 0.3) is 5.91 Å². The third-order valence-electron chi connectivity index (χ3n) is 7.37. The average Bonchev–Trinajstić information content (AvgIpc) is 3.32. The van der Waals surface area contributed by atoms with E-state index in [1.54, 1.807) is 43.6 Å². The smallest absolute Gasteiger partial charge is 0.253 e. The number of fused-ring (bicyclic) bond motifs is 1. The highest BCUT2D eigenvalue weighted by molar-refractivity contribution is 6.01. The van der Waals surface area contributed by atoms with E-state index in [0.717, 1.165) is 47.8 Å². The van der Waals surface area contributed by atoms with E-state index in [4.69, 9.17) is 4.74 Å². The van der Waals surface area contributed by atoms with E-state index in [1.807, 2.05) is 19.1 Å². The number of nitriles is 1. The number of hydrogen-bond acceptors (Lipinski definition) is 4. The molecule has 2 aromatic carbocycles. The Balaban J connectivity index is 1.26. The number of methoxy groups -OCH3 is 1. The van der Waals surface area contributed by atoms with Crippen molar-refractivity contribution in [2.75, 3.05) is 13.7 Å². The molecule has 0 spiro atoms. The van der Waals surface area contributed by atoms with Gasteiger partial charge < -0.3 is 15.0 Å². The van der Waals surface area contributed by atoms with E-state index in [-0.39, 0.29) is 11.7 Å². The summed E-state index contributed by atoms with van der Waals surface area (Å²) in [5.41, 5.74) is 5.19. The molecule has 0 unspecified atom stereocenters. The lowest BCUT2D eigenvalue weighted by Gasteiger charge is -2.29. The highest BCUT2D eigenvalue weighted by Crippen LogP contribution is 2.38. The fourth-order valence-corrected chi connectivity index (χ4v) is 5.46. The summed E-state index contributed by atoms with van der Waals surface area (Å²) in [6, 6.07) is 15.9. The monoisotopic (exact) mass is 496 g/mol. The van der Waals surface area contributed by atoms with Gasteiger partial charge in [-0.2, -0.15) is 5.26 Å². The topological polar surface area (TPSA) is 90.8 Å². The lowest BCUT2D eigenvalue weighted by Crippen LogP contribution is -2.31. The number of halogens is 1. The Bertz CT molecular complexity index is 1500. The normalized spacial score (nSPS) is 17.4. The number of nitrogens with zero attached hydrogens (tertiary/aromatic N) is 2. The van der Waals surface area contributed by atoms with Gasteiger partial charge in [0.1, 0.15) is 11.6 Å². The van der Waals surface area contributed by atoms with E-state index in [2.05, 4.69) is 21.4 Å². The molecule has 2 heterocycles. The van der Waals surface area contributed by atoms with Crippen LogP contribution in [0.4, 0.5) is 4.39 Å². The lowest BCUT2D eigenvalue weighted by molar-refractivity contribution is 0.0943. The Labute approximate surface area is 215 Å². The maximum Gasteiger partial charge on any atom is 0.253 e. The van der Waals surface area contributed by atoms with E-state index < -0.39 is 0 Å². The van der Waals surface area contributed by atoms with Gasteiger partial charge in [-0.05, 0) is 98.5 Å². The number of rotatable bonds is 6. The zero-order chi connectivity index (χ0) is 25.9. The van der Waals surface area contributed by atoms with Gasteiger partial charge in [-0.15, -0.1) is 0 Å². The van der Waals surface area contributed by atoms with Crippen LogP contribution in [-0.2, 0) is 0 Å². The predicted octanol–water partition coefficient (Wildman–Crippen LogP) is 6.26. The van der Waals surface area contributed by atoms with Gasteiger partial charge >= 0.3 is 0 Å². The highest BCUT2D eigenvalue weighted by Gasteiger charge is 2.25. The van der Waals surface area contributed by atoms with Crippen molar-refractivity contribution in [1.82, 2.24) is 15.3 Å². The third kappa shape index (κ3) is 5.05. The number of aromatic nitrogens is 2. The number of pyridine rings is 1. The minimum absolute atomic E-state index is 0.151. The second kappa shape index (κ2) is 10.4. The Kier molecular flexibility index (Phi) is 6.91. The number of H-pyrrole nitrogens is 1. The second-order valence-corrected chi connectivity index (χ2v) is 9.76. The Morgan fingerprint density at radius 3 is 2.73 bits per heavy atom. The first kappa shape index (κ1) is 24.5. The van der Waals surface area contributed by atoms with Crippen LogP contribution >= 0.6 is 0 Å². The molecule has 1 aliphatic carbocycles. The molecule has 2 aromatic heterocycles. The van der Waals surface area contributed by atoms with Crippen LogP contribution in [0.2, 0.25) is 0 Å². The van der Waals surface area contributed by atoms with Crippen molar-refractivity contribution in [3.63, 3.8) is 0 Å². The Morgan fingerprint density at radius 1 is 1.16 bits per heavy atom. The molecular weight excluding hydrogens is 467 g/mol. The first-order valence-corrected chi connectivity index (χ1v) is 12.6. The second-order valence-electron chi connectivity index (χ2n) is 9.76. The van der Waals surface area contributed by atoms with Crippen molar-refractivity contribution in [1.29, 1.82) is 5.26 Å². The van der Waals surface area contributed by atoms with Gasteiger partial charge in [-0.25, -0.2) is 4.39 Å². The maximum atomic E-state index is 13.9. The van der Waals surface area contributed by atoms with E-state index >= 15 is 0 Å². The summed E-state index contributed by atoms with van der Waals surface area (Å²) < 4.78 is 19.4. The van der Waals surface area contributed by atoms with Crippen LogP contribution < -0.4 is 10.1 Å². The molecule has 0 atom stereocenters. The number of aryl methyl sites for hydroxylation is 1. The largest absolute Gasteiger partial charge is 0.496 e. The van der Waals surface area contributed by atoms with Crippen LogP contribution in [0.3, 0.4) is 0 Å². The van der Waals surface area contributed by atoms with E-state index in [0.29, 0.717) is 46.5 Å². The number of amides is 1. The molecule has 1 saturated carbocycles. The van der Waals surface area contributed by atoms with Crippen molar-refractivity contribution < 1.29 is 13.9 Å². The number of ether oxygens (including phenoxy) is 1. The van der Waals surface area contributed by atoms with Crippen LogP contribution in [0.25, 0.3) is 22.2 Å². The van der Waals surface area contributed by atoms with E-state index in [9.17, 15) is 14.4 Å². The van der Waals surface area contributed by atoms with Crippen molar-refractivity contribution in [3.8, 4) is 23.1 Å². The predicted molar refractivity (Wildman–Crippen MR) is 141 cm³/mol. The number of carbonyl (C=O) groups is 1. The number of hydrogen-bond donors (Lipinski definition) is 2. The summed E-state index contributed by atoms with van der Waals surface area (Å²) in [5, 5.41) is 13.4. The number of benzene rings is 2. The van der Waals surface area contributed by atoms with Gasteiger partial charge in [0.15, 0.2) is 0 Å². The van der Waals surface area contributed by atoms with Gasteiger partial charge in [0, 0.05) is 29.4 Å². The number of aromatic amines is 1. The standard InChI is InChI=1S/C30H29FN4O2/c1-18-13-26(29(35-18)25-14-20(16-32)5-10-28(25)37-2)30(36)34-17-19-3-6-21(7-4-19)23-11-12-33-27-9-8-22(31)15-24(23)27/h5,8-15,19,21,35H,3-4,6-7,17H2,1-2H3,(H,34,36). The molecule has 0 saturated heterocycles. The Morgan fingerprint density at radius 2 is 1.97 bits per heavy atom. The summed E-state index contributed by atoms with van der Waals surface area (Å²) in [7, 11) is 1.57. The van der Waals surface area contributed by atoms with Crippen molar-refractivity contribution in [2.45, 2.75) is 38.5 Å². The summed E-state index contributed by atoms with van der Waals surface area (Å²) in [6.45, 7) is 2.49. The van der Waals surface area contributed by atoms with Gasteiger partial charge in [-0.3, -0.25) is 9.78 Å². The molecule has 2 N–H and O–H groups in total. The molecule has 6 nitrogen and oxygen atoms in total. The highest BCUT2D eigenvalue weighted by atomic mass is 19.1. The fraction of sp³-hybridized carbons (Fsp3) is 0.300. The van der Waals surface area contributed by atoms with Crippen LogP contribution in [-0.4, -0.2) is 29.5 Å². The summed E-state index contributed by atoms with van der Waals surface area (Å²) in [4.78, 5) is 20.9. The van der Waals surface area contributed by atoms with E-state index in [1.165, 1.54) is 6.07 Å². The van der Waals surface area contributed by atoms with Gasteiger partial charge in [0.05, 0.1) is 35.5 Å². The van der Waals surface area contributed by atoms with Crippen molar-refractivity contribution >= 4 is 16.8 Å². The molecule has 1 aliphatic rings. The molecule has 188 valence electrons. The molecule has 5 rings (SSSR count). The fourth-order valence-electron chi connectivity index (χ4n) is 5.46. The van der Waals surface area contributed by atoms with Crippen LogP contribution in [0.15, 0.2) is 54.7 Å². The van der Waals surface area contributed by atoms with Crippen molar-refractivity contribution in [2.24, 2.45) is 5.92 Å². The first-order valence-electron chi connectivity index (χ1n) is 12.6. The zero-order valence-electron chi connectivity index (χ0n) is 21.0. The summed E-state index contributed by atoms with van der Waals surface area (Å²) in [5.74, 6) is 0.941. The molecule has 7 heteroatoms. The molecule has 1 amide bonds. The maximum absolute atomic E-state index is 13.9. The molecule has 0 radical (unpaired) electrons. The first-order chi connectivity index (χ1) is 18.0. The quantitative estimate of drug-likeness (QED) is 0.330. The summed E-state index contributed by atoms with van der Waals surface area (Å²) in [6.07, 6.45) is 5.76. The van der Waals surface area contributed by atoms with Crippen molar-refractivity contribution in [3.05, 3.63) is 82.9 Å². The minimum Gasteiger partial charge on any atom is -0.496 e. The van der Waals surface area contributed by atoms with Crippen LogP contribution in [0.5, 0.6) is 5.75 Å². The molecule has 4 aromatic rings. The SMILES string of the molecule is COc1ccc(C#N)cc1-c1[nH]c(C)cc1C(=O)NCC1CCC(c2ccnc3ccc(F)cc23)CC1. The zero-order valence-corrected chi connectivity index (χ0v) is 21.0. The molecule has 0 bridgehead atoms. The van der Waals surface area contributed by atoms with Gasteiger partial charge in [-0.1, -0.05) is 0 Å². The molecule has 1 fully saturated rings.